The Balaban J connectivity index is 1.85. The van der Waals surface area contributed by atoms with Gasteiger partial charge in [0.05, 0.1) is 51.1 Å². The van der Waals surface area contributed by atoms with Crippen LogP contribution in [0.1, 0.15) is 63.9 Å². The smallest absolute Gasteiger partial charge is 0.305 e. The first-order valence-corrected chi connectivity index (χ1v) is 13.7. The molecule has 0 saturated heterocycles. The molecule has 0 bridgehead atoms. The van der Waals surface area contributed by atoms with Crippen LogP contribution >= 0.6 is 0 Å². The maximum absolute atomic E-state index is 12.0. The summed E-state index contributed by atoms with van der Waals surface area (Å²) >= 11 is 0. The van der Waals surface area contributed by atoms with E-state index in [1.807, 2.05) is 6.92 Å². The molecule has 0 aliphatic rings. The van der Waals surface area contributed by atoms with Crippen molar-refractivity contribution in [3.05, 3.63) is 29.8 Å². The average molecular weight is 503 g/mol. The van der Waals surface area contributed by atoms with Gasteiger partial charge in [0.25, 0.3) is 10.1 Å². The van der Waals surface area contributed by atoms with Gasteiger partial charge in [0.1, 0.15) is 6.61 Å². The standard InChI is InChI=1S/C25H42O8S/c1-3-4-5-6-7-8-9-10-25(26)32-21-19-30-17-15-29-16-18-31-20-22-33-34(27,28)24-13-11-23(2)12-14-24/h11-14H,3-10,15-22H2,1-2H3. The van der Waals surface area contributed by atoms with Crippen LogP contribution in [0.5, 0.6) is 0 Å². The van der Waals surface area contributed by atoms with Gasteiger partial charge in [-0.3, -0.25) is 8.98 Å². The first kappa shape index (κ1) is 30.5. The van der Waals surface area contributed by atoms with E-state index in [4.69, 9.17) is 23.1 Å². The summed E-state index contributed by atoms with van der Waals surface area (Å²) in [5.74, 6) is -0.166. The molecule has 0 atom stereocenters. The highest BCUT2D eigenvalue weighted by molar-refractivity contribution is 7.86. The molecule has 9 heteroatoms. The van der Waals surface area contributed by atoms with E-state index in [9.17, 15) is 13.2 Å². The van der Waals surface area contributed by atoms with Gasteiger partial charge >= 0.3 is 5.97 Å². The van der Waals surface area contributed by atoms with Crippen LogP contribution in [0.2, 0.25) is 0 Å². The van der Waals surface area contributed by atoms with E-state index in [-0.39, 0.29) is 30.7 Å². The molecule has 0 saturated carbocycles. The van der Waals surface area contributed by atoms with Gasteiger partial charge in [0, 0.05) is 6.42 Å². The fourth-order valence-electron chi connectivity index (χ4n) is 3.03. The van der Waals surface area contributed by atoms with Crippen molar-refractivity contribution in [3.8, 4) is 0 Å². The minimum atomic E-state index is -3.76. The van der Waals surface area contributed by atoms with Crippen LogP contribution in [0, 0.1) is 6.92 Å². The van der Waals surface area contributed by atoms with Crippen LogP contribution in [0.25, 0.3) is 0 Å². The van der Waals surface area contributed by atoms with Crippen LogP contribution < -0.4 is 0 Å². The quantitative estimate of drug-likeness (QED) is 0.130. The summed E-state index contributed by atoms with van der Waals surface area (Å²) in [6.07, 6.45) is 8.69. The van der Waals surface area contributed by atoms with Crippen LogP contribution in [-0.2, 0) is 38.0 Å². The highest BCUT2D eigenvalue weighted by Crippen LogP contribution is 2.13. The Morgan fingerprint density at radius 2 is 1.21 bits per heavy atom. The Labute approximate surface area is 205 Å². The van der Waals surface area contributed by atoms with Crippen molar-refractivity contribution < 1.29 is 36.3 Å². The second kappa shape index (κ2) is 19.8. The third kappa shape index (κ3) is 16.2. The van der Waals surface area contributed by atoms with Gasteiger partial charge in [-0.2, -0.15) is 8.42 Å². The molecule has 1 aromatic rings. The third-order valence-corrected chi connectivity index (χ3v) is 6.32. The maximum atomic E-state index is 12.0. The number of aryl methyl sites for hydroxylation is 1. The van der Waals surface area contributed by atoms with E-state index in [1.54, 1.807) is 12.1 Å². The van der Waals surface area contributed by atoms with Crippen molar-refractivity contribution in [1.29, 1.82) is 0 Å². The van der Waals surface area contributed by atoms with E-state index >= 15 is 0 Å². The van der Waals surface area contributed by atoms with Gasteiger partial charge in [0.15, 0.2) is 0 Å². The largest absolute Gasteiger partial charge is 0.463 e. The Bertz CT molecular complexity index is 734. The molecule has 0 aliphatic carbocycles. The van der Waals surface area contributed by atoms with Crippen molar-refractivity contribution in [3.63, 3.8) is 0 Å². The zero-order valence-electron chi connectivity index (χ0n) is 20.8. The highest BCUT2D eigenvalue weighted by Gasteiger charge is 2.14. The number of rotatable bonds is 22. The second-order valence-corrected chi connectivity index (χ2v) is 9.63. The first-order valence-electron chi connectivity index (χ1n) is 12.3. The van der Waals surface area contributed by atoms with E-state index in [0.717, 1.165) is 18.4 Å². The summed E-state index contributed by atoms with van der Waals surface area (Å²) in [4.78, 5) is 11.8. The molecule has 34 heavy (non-hydrogen) atoms. The van der Waals surface area contributed by atoms with Crippen LogP contribution in [0.3, 0.4) is 0 Å². The van der Waals surface area contributed by atoms with E-state index in [1.165, 1.54) is 44.2 Å². The molecule has 0 radical (unpaired) electrons. The van der Waals surface area contributed by atoms with Crippen LogP contribution in [0.4, 0.5) is 0 Å². The molecule has 1 rings (SSSR count). The van der Waals surface area contributed by atoms with Gasteiger partial charge in [-0.1, -0.05) is 63.1 Å². The van der Waals surface area contributed by atoms with Crippen molar-refractivity contribution in [2.45, 2.75) is 70.1 Å². The predicted octanol–water partition coefficient (Wildman–Crippen LogP) is 4.43. The lowest BCUT2D eigenvalue weighted by Gasteiger charge is -2.08. The van der Waals surface area contributed by atoms with Gasteiger partial charge < -0.3 is 18.9 Å². The number of benzene rings is 1. The topological polar surface area (TPSA) is 97.4 Å². The zero-order valence-corrected chi connectivity index (χ0v) is 21.6. The minimum Gasteiger partial charge on any atom is -0.463 e. The number of esters is 1. The highest BCUT2D eigenvalue weighted by atomic mass is 32.2. The summed E-state index contributed by atoms with van der Waals surface area (Å²) < 4.78 is 50.2. The predicted molar refractivity (Wildman–Crippen MR) is 130 cm³/mol. The Morgan fingerprint density at radius 1 is 0.706 bits per heavy atom. The number of carbonyl (C=O) groups excluding carboxylic acids is 1. The van der Waals surface area contributed by atoms with Crippen molar-refractivity contribution in [2.24, 2.45) is 0 Å². The lowest BCUT2D eigenvalue weighted by molar-refractivity contribution is -0.145. The second-order valence-electron chi connectivity index (χ2n) is 8.02. The fourth-order valence-corrected chi connectivity index (χ4v) is 3.92. The van der Waals surface area contributed by atoms with Gasteiger partial charge in [-0.25, -0.2) is 0 Å². The molecule has 0 aliphatic heterocycles. The molecule has 0 amide bonds. The lowest BCUT2D eigenvalue weighted by atomic mass is 10.1. The first-order chi connectivity index (χ1) is 16.5. The van der Waals surface area contributed by atoms with Crippen LogP contribution in [-0.4, -0.2) is 67.2 Å². The zero-order chi connectivity index (χ0) is 24.9. The number of ether oxygens (including phenoxy) is 4. The summed E-state index contributed by atoms with van der Waals surface area (Å²) in [6.45, 7) is 6.25. The monoisotopic (exact) mass is 502 g/mol. The maximum Gasteiger partial charge on any atom is 0.305 e. The third-order valence-electron chi connectivity index (χ3n) is 5.00. The lowest BCUT2D eigenvalue weighted by Crippen LogP contribution is -2.15. The van der Waals surface area contributed by atoms with E-state index < -0.39 is 10.1 Å². The SMILES string of the molecule is CCCCCCCCCC(=O)OCCOCCOCCOCCOS(=O)(=O)c1ccc(C)cc1. The van der Waals surface area contributed by atoms with Gasteiger partial charge in [-0.05, 0) is 25.5 Å². The number of hydrogen-bond donors (Lipinski definition) is 0. The van der Waals surface area contributed by atoms with Gasteiger partial charge in [0.2, 0.25) is 0 Å². The van der Waals surface area contributed by atoms with Crippen molar-refractivity contribution >= 4 is 16.1 Å². The molecule has 0 aromatic heterocycles. The Kier molecular flexibility index (Phi) is 17.7. The van der Waals surface area contributed by atoms with Crippen LogP contribution in [0.15, 0.2) is 29.2 Å². The number of unbranched alkanes of at least 4 members (excludes halogenated alkanes) is 6. The summed E-state index contributed by atoms with van der Waals surface area (Å²) in [7, 11) is -3.76. The molecular formula is C25H42O8S. The Morgan fingerprint density at radius 3 is 1.79 bits per heavy atom. The van der Waals surface area contributed by atoms with Gasteiger partial charge in [-0.15, -0.1) is 0 Å². The minimum absolute atomic E-state index is 0.0585. The molecule has 8 nitrogen and oxygen atoms in total. The average Bonchev–Trinajstić information content (AvgIpc) is 2.81. The van der Waals surface area contributed by atoms with Crippen molar-refractivity contribution in [2.75, 3.05) is 52.9 Å². The molecule has 0 N–H and O–H groups in total. The van der Waals surface area contributed by atoms with E-state index in [2.05, 4.69) is 6.92 Å². The summed E-state index contributed by atoms with van der Waals surface area (Å²) in [6, 6.07) is 6.47. The molecule has 0 unspecified atom stereocenters. The van der Waals surface area contributed by atoms with Crippen molar-refractivity contribution in [1.82, 2.24) is 0 Å². The van der Waals surface area contributed by atoms with E-state index in [0.29, 0.717) is 39.5 Å². The molecular weight excluding hydrogens is 460 g/mol. The summed E-state index contributed by atoms with van der Waals surface area (Å²) in [5.41, 5.74) is 0.977. The number of hydrogen-bond acceptors (Lipinski definition) is 8. The molecule has 196 valence electrons. The molecule has 0 heterocycles. The Hall–Kier alpha value is -1.52. The molecule has 0 fully saturated rings. The molecule has 1 aromatic carbocycles. The molecule has 0 spiro atoms. The summed E-state index contributed by atoms with van der Waals surface area (Å²) in [5, 5.41) is 0. The number of carbonyl (C=O) groups is 1. The fraction of sp³-hybridized carbons (Fsp3) is 0.720. The normalized spacial score (nSPS) is 11.6.